The van der Waals surface area contributed by atoms with Crippen LogP contribution in [0.15, 0.2) is 0 Å². The van der Waals surface area contributed by atoms with Crippen molar-refractivity contribution < 1.29 is 14.6 Å². The van der Waals surface area contributed by atoms with Gasteiger partial charge in [-0.15, -0.1) is 0 Å². The van der Waals surface area contributed by atoms with Gasteiger partial charge >= 0.3 is 5.97 Å². The van der Waals surface area contributed by atoms with E-state index in [9.17, 15) is 4.79 Å². The molecule has 0 aromatic carbocycles. The van der Waals surface area contributed by atoms with E-state index in [-0.39, 0.29) is 19.1 Å². The number of rotatable bonds is 8. The molecular weight excluding hydrogens is 170 g/mol. The molecular formula is C9H19NO3. The van der Waals surface area contributed by atoms with Crippen molar-refractivity contribution in [3.63, 3.8) is 0 Å². The van der Waals surface area contributed by atoms with Gasteiger partial charge in [0.1, 0.15) is 0 Å². The second kappa shape index (κ2) is 9.48. The van der Waals surface area contributed by atoms with Crippen molar-refractivity contribution in [2.45, 2.75) is 26.2 Å². The molecule has 0 saturated heterocycles. The minimum absolute atomic E-state index is 0.0448. The molecule has 0 rings (SSSR count). The summed E-state index contributed by atoms with van der Waals surface area (Å²) in [5, 5.41) is 11.2. The Morgan fingerprint density at radius 1 is 1.46 bits per heavy atom. The molecule has 78 valence electrons. The van der Waals surface area contributed by atoms with Crippen LogP contribution in [0.3, 0.4) is 0 Å². The Morgan fingerprint density at radius 2 is 2.23 bits per heavy atom. The van der Waals surface area contributed by atoms with Crippen molar-refractivity contribution >= 4 is 5.97 Å². The van der Waals surface area contributed by atoms with Gasteiger partial charge in [0.25, 0.3) is 0 Å². The summed E-state index contributed by atoms with van der Waals surface area (Å²) < 4.78 is 4.91. The van der Waals surface area contributed by atoms with Gasteiger partial charge in [-0.05, 0) is 6.42 Å². The summed E-state index contributed by atoms with van der Waals surface area (Å²) in [4.78, 5) is 10.9. The first-order chi connectivity index (χ1) is 6.31. The fourth-order valence-electron chi connectivity index (χ4n) is 0.859. The first kappa shape index (κ1) is 12.4. The van der Waals surface area contributed by atoms with Crippen molar-refractivity contribution in [1.29, 1.82) is 0 Å². The van der Waals surface area contributed by atoms with E-state index in [4.69, 9.17) is 9.84 Å². The van der Waals surface area contributed by atoms with E-state index in [2.05, 4.69) is 12.2 Å². The number of aliphatic hydroxyl groups excluding tert-OH is 1. The normalized spacial score (nSPS) is 10.0. The minimum atomic E-state index is -0.246. The molecule has 0 amide bonds. The van der Waals surface area contributed by atoms with E-state index in [0.29, 0.717) is 13.2 Å². The molecule has 2 N–H and O–H groups in total. The van der Waals surface area contributed by atoms with Crippen molar-refractivity contribution in [2.24, 2.45) is 0 Å². The minimum Gasteiger partial charge on any atom is -0.465 e. The molecule has 4 heteroatoms. The number of carbonyl (C=O) groups excluding carboxylic acids is 1. The third-order valence-electron chi connectivity index (χ3n) is 1.57. The molecule has 0 bridgehead atoms. The van der Waals surface area contributed by atoms with Crippen LogP contribution in [0.5, 0.6) is 0 Å². The zero-order chi connectivity index (χ0) is 9.94. The van der Waals surface area contributed by atoms with Crippen LogP contribution in [-0.4, -0.2) is 37.4 Å². The highest BCUT2D eigenvalue weighted by Gasteiger charge is 2.00. The third kappa shape index (κ3) is 9.30. The fraction of sp³-hybridized carbons (Fsp3) is 0.889. The Morgan fingerprint density at radius 3 is 2.85 bits per heavy atom. The molecule has 13 heavy (non-hydrogen) atoms. The first-order valence-corrected chi connectivity index (χ1v) is 4.78. The van der Waals surface area contributed by atoms with Crippen LogP contribution < -0.4 is 5.32 Å². The van der Waals surface area contributed by atoms with Gasteiger partial charge in [0.2, 0.25) is 0 Å². The lowest BCUT2D eigenvalue weighted by Gasteiger charge is -2.04. The van der Waals surface area contributed by atoms with Gasteiger partial charge in [0, 0.05) is 6.54 Å². The topological polar surface area (TPSA) is 58.6 Å². The quantitative estimate of drug-likeness (QED) is 0.426. The van der Waals surface area contributed by atoms with E-state index >= 15 is 0 Å². The van der Waals surface area contributed by atoms with Gasteiger partial charge in [-0.2, -0.15) is 0 Å². The highest BCUT2D eigenvalue weighted by atomic mass is 16.5. The zero-order valence-corrected chi connectivity index (χ0v) is 8.21. The summed E-state index contributed by atoms with van der Waals surface area (Å²) in [5.41, 5.74) is 0. The molecule has 4 nitrogen and oxygen atoms in total. The number of carbonyl (C=O) groups is 1. The lowest BCUT2D eigenvalue weighted by atomic mass is 10.3. The smallest absolute Gasteiger partial charge is 0.319 e. The van der Waals surface area contributed by atoms with Gasteiger partial charge in [0.05, 0.1) is 19.8 Å². The van der Waals surface area contributed by atoms with E-state index in [0.717, 1.165) is 19.3 Å². The lowest BCUT2D eigenvalue weighted by Crippen LogP contribution is -2.27. The van der Waals surface area contributed by atoms with Gasteiger partial charge < -0.3 is 15.2 Å². The standard InChI is InChI=1S/C9H19NO3/c1-2-3-4-7-13-9(12)8-10-5-6-11/h10-11H,2-8H2,1H3. The molecule has 0 aliphatic rings. The van der Waals surface area contributed by atoms with Crippen molar-refractivity contribution in [3.8, 4) is 0 Å². The lowest BCUT2D eigenvalue weighted by molar-refractivity contribution is -0.142. The predicted octanol–water partition coefficient (Wildman–Crippen LogP) is 0.302. The highest BCUT2D eigenvalue weighted by molar-refractivity contribution is 5.71. The van der Waals surface area contributed by atoms with E-state index < -0.39 is 0 Å². The number of nitrogens with one attached hydrogen (secondary N) is 1. The number of unbranched alkanes of at least 4 members (excludes halogenated alkanes) is 2. The van der Waals surface area contributed by atoms with Crippen LogP contribution in [0.1, 0.15) is 26.2 Å². The molecule has 0 spiro atoms. The average Bonchev–Trinajstić information content (AvgIpc) is 2.13. The van der Waals surface area contributed by atoms with Crippen molar-refractivity contribution in [3.05, 3.63) is 0 Å². The molecule has 0 saturated carbocycles. The molecule has 0 aliphatic carbocycles. The van der Waals surface area contributed by atoms with Gasteiger partial charge in [0.15, 0.2) is 0 Å². The van der Waals surface area contributed by atoms with Gasteiger partial charge in [-0.3, -0.25) is 4.79 Å². The van der Waals surface area contributed by atoms with Crippen LogP contribution in [0.25, 0.3) is 0 Å². The fourth-order valence-corrected chi connectivity index (χ4v) is 0.859. The maximum Gasteiger partial charge on any atom is 0.319 e. The Labute approximate surface area is 79.3 Å². The van der Waals surface area contributed by atoms with Crippen LogP contribution in [0.4, 0.5) is 0 Å². The molecule has 0 aliphatic heterocycles. The van der Waals surface area contributed by atoms with E-state index in [1.807, 2.05) is 0 Å². The molecule has 0 aromatic heterocycles. The summed E-state index contributed by atoms with van der Waals surface area (Å²) >= 11 is 0. The molecule has 0 aromatic rings. The summed E-state index contributed by atoms with van der Waals surface area (Å²) in [6, 6.07) is 0. The molecule has 0 heterocycles. The number of hydrogen-bond donors (Lipinski definition) is 2. The Kier molecular flexibility index (Phi) is 9.03. The predicted molar refractivity (Wildman–Crippen MR) is 50.4 cm³/mol. The Hall–Kier alpha value is -0.610. The van der Waals surface area contributed by atoms with Gasteiger partial charge in [-0.1, -0.05) is 19.8 Å². The SMILES string of the molecule is CCCCCOC(=O)CNCCO. The molecule has 0 radical (unpaired) electrons. The van der Waals surface area contributed by atoms with Crippen LogP contribution in [0.2, 0.25) is 0 Å². The number of esters is 1. The first-order valence-electron chi connectivity index (χ1n) is 4.78. The van der Waals surface area contributed by atoms with Crippen LogP contribution >= 0.6 is 0 Å². The molecule has 0 atom stereocenters. The van der Waals surface area contributed by atoms with Gasteiger partial charge in [-0.25, -0.2) is 0 Å². The maximum absolute atomic E-state index is 10.9. The molecule has 0 fully saturated rings. The zero-order valence-electron chi connectivity index (χ0n) is 8.21. The summed E-state index contributed by atoms with van der Waals surface area (Å²) in [7, 11) is 0. The van der Waals surface area contributed by atoms with Crippen molar-refractivity contribution in [1.82, 2.24) is 5.32 Å². The number of hydrogen-bond acceptors (Lipinski definition) is 4. The van der Waals surface area contributed by atoms with E-state index in [1.54, 1.807) is 0 Å². The third-order valence-corrected chi connectivity index (χ3v) is 1.57. The molecule has 0 unspecified atom stereocenters. The second-order valence-electron chi connectivity index (χ2n) is 2.83. The monoisotopic (exact) mass is 189 g/mol. The highest BCUT2D eigenvalue weighted by Crippen LogP contribution is 1.93. The Bertz CT molecular complexity index is 128. The average molecular weight is 189 g/mol. The summed E-state index contributed by atoms with van der Waals surface area (Å²) in [6.07, 6.45) is 3.15. The number of aliphatic hydroxyl groups is 1. The largest absolute Gasteiger partial charge is 0.465 e. The summed E-state index contributed by atoms with van der Waals surface area (Å²) in [5.74, 6) is -0.246. The van der Waals surface area contributed by atoms with Crippen molar-refractivity contribution in [2.75, 3.05) is 26.3 Å². The summed E-state index contributed by atoms with van der Waals surface area (Å²) in [6.45, 7) is 3.28. The van der Waals surface area contributed by atoms with Crippen LogP contribution in [0, 0.1) is 0 Å². The second-order valence-corrected chi connectivity index (χ2v) is 2.83. The maximum atomic E-state index is 10.9. The Balaban J connectivity index is 3.11. The van der Waals surface area contributed by atoms with Crippen LogP contribution in [-0.2, 0) is 9.53 Å². The number of ether oxygens (including phenoxy) is 1. The van der Waals surface area contributed by atoms with E-state index in [1.165, 1.54) is 0 Å².